The highest BCUT2D eigenvalue weighted by molar-refractivity contribution is 6.35. The Morgan fingerprint density at radius 3 is 2.32 bits per heavy atom. The van der Waals surface area contributed by atoms with Gasteiger partial charge in [-0.25, -0.2) is 4.39 Å². The Kier molecular flexibility index (Phi) is 3.86. The molecule has 2 aromatic rings. The molecule has 0 spiro atoms. The number of rotatable bonds is 2. The molecule has 0 saturated carbocycles. The molecule has 0 aromatic heterocycles. The zero-order chi connectivity index (χ0) is 14.2. The van der Waals surface area contributed by atoms with Gasteiger partial charge in [0.2, 0.25) is 0 Å². The predicted octanol–water partition coefficient (Wildman–Crippen LogP) is 4.70. The lowest BCUT2D eigenvalue weighted by atomic mass is 9.85. The van der Waals surface area contributed by atoms with E-state index in [1.165, 1.54) is 12.1 Å². The largest absolute Gasteiger partial charge is 0.381 e. The fraction of sp³-hybridized carbons (Fsp3) is 0.200. The minimum absolute atomic E-state index is 0.0608. The average molecular weight is 299 g/mol. The van der Waals surface area contributed by atoms with Crippen molar-refractivity contribution in [2.75, 3.05) is 0 Å². The summed E-state index contributed by atoms with van der Waals surface area (Å²) in [5, 5.41) is 10.9. The lowest BCUT2D eigenvalue weighted by Crippen LogP contribution is -2.24. The Hall–Kier alpha value is -1.09. The topological polar surface area (TPSA) is 20.2 Å². The van der Waals surface area contributed by atoms with Gasteiger partial charge in [-0.3, -0.25) is 0 Å². The van der Waals surface area contributed by atoms with Gasteiger partial charge in [0.05, 0.1) is 5.02 Å². The minimum atomic E-state index is -1.38. The van der Waals surface area contributed by atoms with E-state index < -0.39 is 11.4 Å². The van der Waals surface area contributed by atoms with Crippen LogP contribution >= 0.6 is 23.2 Å². The number of hydrogen-bond donors (Lipinski definition) is 1. The van der Waals surface area contributed by atoms with Crippen LogP contribution < -0.4 is 0 Å². The smallest absolute Gasteiger partial charge is 0.142 e. The standard InChI is InChI=1S/C15H13Cl2FO/c1-9-5-3-4-6-10(9)15(2,19)11-7-14(18)13(17)8-12(11)16/h3-8,19H,1-2H3. The van der Waals surface area contributed by atoms with Gasteiger partial charge in [-0.1, -0.05) is 47.5 Å². The van der Waals surface area contributed by atoms with Crippen LogP contribution in [0.5, 0.6) is 0 Å². The molecule has 2 aromatic carbocycles. The van der Waals surface area contributed by atoms with Crippen LogP contribution in [-0.4, -0.2) is 5.11 Å². The molecule has 0 fully saturated rings. The fourth-order valence-corrected chi connectivity index (χ4v) is 2.73. The second-order valence-electron chi connectivity index (χ2n) is 4.63. The molecule has 0 aliphatic carbocycles. The van der Waals surface area contributed by atoms with Crippen molar-refractivity contribution in [2.45, 2.75) is 19.4 Å². The van der Waals surface area contributed by atoms with Crippen molar-refractivity contribution in [1.29, 1.82) is 0 Å². The molecular weight excluding hydrogens is 286 g/mol. The van der Waals surface area contributed by atoms with Crippen LogP contribution in [0.4, 0.5) is 4.39 Å². The van der Waals surface area contributed by atoms with Crippen LogP contribution in [0.3, 0.4) is 0 Å². The van der Waals surface area contributed by atoms with Gasteiger partial charge in [-0.15, -0.1) is 0 Å². The average Bonchev–Trinajstić information content (AvgIpc) is 2.34. The summed E-state index contributed by atoms with van der Waals surface area (Å²) in [7, 11) is 0. The Bertz CT molecular complexity index is 624. The maximum absolute atomic E-state index is 13.6. The first kappa shape index (κ1) is 14.3. The monoisotopic (exact) mass is 298 g/mol. The molecule has 0 bridgehead atoms. The number of halogens is 3. The van der Waals surface area contributed by atoms with E-state index in [4.69, 9.17) is 23.2 Å². The third-order valence-electron chi connectivity index (χ3n) is 3.20. The summed E-state index contributed by atoms with van der Waals surface area (Å²) in [5.74, 6) is -0.602. The predicted molar refractivity (Wildman–Crippen MR) is 76.3 cm³/mol. The van der Waals surface area contributed by atoms with Crippen molar-refractivity contribution in [3.63, 3.8) is 0 Å². The van der Waals surface area contributed by atoms with Crippen LogP contribution in [0.1, 0.15) is 23.6 Å². The van der Waals surface area contributed by atoms with Gasteiger partial charge < -0.3 is 5.11 Å². The summed E-state index contributed by atoms with van der Waals surface area (Å²) in [6.45, 7) is 3.47. The Balaban J connectivity index is 2.63. The summed E-state index contributed by atoms with van der Waals surface area (Å²) in [6.07, 6.45) is 0. The third-order valence-corrected chi connectivity index (χ3v) is 3.81. The van der Waals surface area contributed by atoms with Gasteiger partial charge in [0.1, 0.15) is 11.4 Å². The van der Waals surface area contributed by atoms with Crippen LogP contribution in [0.25, 0.3) is 0 Å². The van der Waals surface area contributed by atoms with Gasteiger partial charge in [-0.05, 0) is 37.1 Å². The van der Waals surface area contributed by atoms with E-state index in [1.807, 2.05) is 25.1 Å². The SMILES string of the molecule is Cc1ccccc1C(C)(O)c1cc(F)c(Cl)cc1Cl. The maximum Gasteiger partial charge on any atom is 0.142 e. The first-order chi connectivity index (χ1) is 8.84. The van der Waals surface area contributed by atoms with Gasteiger partial charge in [0, 0.05) is 10.6 Å². The van der Waals surface area contributed by atoms with E-state index in [1.54, 1.807) is 13.0 Å². The van der Waals surface area contributed by atoms with E-state index >= 15 is 0 Å². The molecule has 100 valence electrons. The molecule has 2 rings (SSSR count). The lowest BCUT2D eigenvalue weighted by molar-refractivity contribution is 0.101. The number of hydrogen-bond acceptors (Lipinski definition) is 1. The second-order valence-corrected chi connectivity index (χ2v) is 5.45. The fourth-order valence-electron chi connectivity index (χ4n) is 2.16. The molecule has 1 nitrogen and oxygen atoms in total. The molecular formula is C15H13Cl2FO. The summed E-state index contributed by atoms with van der Waals surface area (Å²) < 4.78 is 13.6. The summed E-state index contributed by atoms with van der Waals surface area (Å²) in [6, 6.07) is 9.84. The quantitative estimate of drug-likeness (QED) is 0.797. The Labute approximate surface area is 121 Å². The Morgan fingerprint density at radius 2 is 1.68 bits per heavy atom. The first-order valence-electron chi connectivity index (χ1n) is 5.77. The highest BCUT2D eigenvalue weighted by Crippen LogP contribution is 2.37. The lowest BCUT2D eigenvalue weighted by Gasteiger charge is -2.27. The van der Waals surface area contributed by atoms with Crippen molar-refractivity contribution in [3.8, 4) is 0 Å². The minimum Gasteiger partial charge on any atom is -0.381 e. The molecule has 1 atom stereocenters. The normalized spacial score (nSPS) is 14.2. The van der Waals surface area contributed by atoms with Crippen molar-refractivity contribution < 1.29 is 9.50 Å². The van der Waals surface area contributed by atoms with E-state index in [9.17, 15) is 9.50 Å². The highest BCUT2D eigenvalue weighted by atomic mass is 35.5. The zero-order valence-corrected chi connectivity index (χ0v) is 12.1. The second kappa shape index (κ2) is 5.12. The van der Waals surface area contributed by atoms with Crippen LogP contribution in [0.15, 0.2) is 36.4 Å². The van der Waals surface area contributed by atoms with Crippen LogP contribution in [0, 0.1) is 12.7 Å². The highest BCUT2D eigenvalue weighted by Gasteiger charge is 2.30. The van der Waals surface area contributed by atoms with Gasteiger partial charge in [-0.2, -0.15) is 0 Å². The van der Waals surface area contributed by atoms with Crippen molar-refractivity contribution in [1.82, 2.24) is 0 Å². The number of benzene rings is 2. The summed E-state index contributed by atoms with van der Waals surface area (Å²) in [4.78, 5) is 0. The van der Waals surface area contributed by atoms with E-state index in [0.717, 1.165) is 5.56 Å². The first-order valence-corrected chi connectivity index (χ1v) is 6.53. The van der Waals surface area contributed by atoms with Crippen molar-refractivity contribution in [3.05, 3.63) is 69.0 Å². The molecule has 19 heavy (non-hydrogen) atoms. The van der Waals surface area contributed by atoms with Gasteiger partial charge >= 0.3 is 0 Å². The van der Waals surface area contributed by atoms with Crippen molar-refractivity contribution >= 4 is 23.2 Å². The van der Waals surface area contributed by atoms with Gasteiger partial charge in [0.25, 0.3) is 0 Å². The van der Waals surface area contributed by atoms with Gasteiger partial charge in [0.15, 0.2) is 0 Å². The molecule has 0 heterocycles. The van der Waals surface area contributed by atoms with Crippen molar-refractivity contribution in [2.24, 2.45) is 0 Å². The van der Waals surface area contributed by atoms with E-state index in [2.05, 4.69) is 0 Å². The number of aryl methyl sites for hydroxylation is 1. The molecule has 0 aliphatic rings. The molecule has 0 radical (unpaired) electrons. The Morgan fingerprint density at radius 1 is 1.05 bits per heavy atom. The molecule has 1 unspecified atom stereocenters. The molecule has 1 N–H and O–H groups in total. The van der Waals surface area contributed by atoms with E-state index in [-0.39, 0.29) is 10.0 Å². The van der Waals surface area contributed by atoms with E-state index in [0.29, 0.717) is 11.1 Å². The summed E-state index contributed by atoms with van der Waals surface area (Å²) >= 11 is 11.7. The van der Waals surface area contributed by atoms with Crippen LogP contribution in [0.2, 0.25) is 10.0 Å². The number of aliphatic hydroxyl groups is 1. The molecule has 4 heteroatoms. The molecule has 0 amide bonds. The van der Waals surface area contributed by atoms with Crippen LogP contribution in [-0.2, 0) is 5.60 Å². The molecule has 0 saturated heterocycles. The third kappa shape index (κ3) is 2.62. The summed E-state index contributed by atoms with van der Waals surface area (Å²) in [5.41, 5.74) is 0.497. The molecule has 0 aliphatic heterocycles. The maximum atomic E-state index is 13.6. The zero-order valence-electron chi connectivity index (χ0n) is 10.5.